The molecule has 1 aliphatic carbocycles. The van der Waals surface area contributed by atoms with Crippen molar-refractivity contribution in [3.8, 4) is 5.75 Å². The molecule has 1 aliphatic rings. The average Bonchev–Trinajstić information content (AvgIpc) is 2.32. The van der Waals surface area contributed by atoms with Crippen LogP contribution in [0.1, 0.15) is 43.7 Å². The maximum atomic E-state index is 9.80. The molecule has 88 valence electrons. The summed E-state index contributed by atoms with van der Waals surface area (Å²) in [7, 11) is 0. The molecule has 0 saturated heterocycles. The zero-order valence-electron chi connectivity index (χ0n) is 9.32. The van der Waals surface area contributed by atoms with Gasteiger partial charge in [-0.3, -0.25) is 0 Å². The average molecular weight is 240 g/mol. The van der Waals surface area contributed by atoms with E-state index >= 15 is 0 Å². The van der Waals surface area contributed by atoms with Crippen LogP contribution < -0.4 is 5.73 Å². The minimum atomic E-state index is -0.0843. The van der Waals surface area contributed by atoms with E-state index in [1.165, 1.54) is 19.3 Å². The van der Waals surface area contributed by atoms with Crippen LogP contribution in [0.15, 0.2) is 18.2 Å². The predicted octanol–water partition coefficient (Wildman–Crippen LogP) is 3.63. The van der Waals surface area contributed by atoms with Crippen LogP contribution in [0, 0.1) is 5.92 Å². The van der Waals surface area contributed by atoms with Crippen LogP contribution in [0.2, 0.25) is 5.02 Å². The summed E-state index contributed by atoms with van der Waals surface area (Å²) in [5.41, 5.74) is 7.01. The monoisotopic (exact) mass is 239 g/mol. The number of hydrogen-bond donors (Lipinski definition) is 2. The number of benzene rings is 1. The van der Waals surface area contributed by atoms with Crippen LogP contribution in [-0.4, -0.2) is 5.11 Å². The predicted molar refractivity (Wildman–Crippen MR) is 66.6 cm³/mol. The van der Waals surface area contributed by atoms with Crippen LogP contribution >= 0.6 is 11.6 Å². The van der Waals surface area contributed by atoms with Crippen LogP contribution in [0.25, 0.3) is 0 Å². The number of halogens is 1. The Bertz CT molecular complexity index is 361. The molecule has 0 amide bonds. The molecule has 0 aliphatic heterocycles. The van der Waals surface area contributed by atoms with Gasteiger partial charge in [0.1, 0.15) is 5.75 Å². The van der Waals surface area contributed by atoms with Crippen molar-refractivity contribution in [2.24, 2.45) is 11.7 Å². The maximum Gasteiger partial charge on any atom is 0.120 e. The SMILES string of the molecule is N[C@H](c1cc(Cl)ccc1O)C1CCCCC1. The molecule has 0 spiro atoms. The van der Waals surface area contributed by atoms with Gasteiger partial charge in [-0.05, 0) is 37.0 Å². The van der Waals surface area contributed by atoms with E-state index in [9.17, 15) is 5.11 Å². The molecule has 0 heterocycles. The summed E-state index contributed by atoms with van der Waals surface area (Å²) in [5, 5.41) is 10.4. The van der Waals surface area contributed by atoms with Gasteiger partial charge < -0.3 is 10.8 Å². The molecule has 2 nitrogen and oxygen atoms in total. The van der Waals surface area contributed by atoms with Gasteiger partial charge in [-0.2, -0.15) is 0 Å². The number of phenolic OH excluding ortho intramolecular Hbond substituents is 1. The normalized spacial score (nSPS) is 19.6. The largest absolute Gasteiger partial charge is 0.508 e. The zero-order chi connectivity index (χ0) is 11.5. The number of phenols is 1. The fraction of sp³-hybridized carbons (Fsp3) is 0.538. The number of rotatable bonds is 2. The van der Waals surface area contributed by atoms with Gasteiger partial charge in [0.25, 0.3) is 0 Å². The van der Waals surface area contributed by atoms with E-state index < -0.39 is 0 Å². The summed E-state index contributed by atoms with van der Waals surface area (Å²) in [4.78, 5) is 0. The smallest absolute Gasteiger partial charge is 0.120 e. The number of aromatic hydroxyl groups is 1. The molecule has 1 aromatic carbocycles. The lowest BCUT2D eigenvalue weighted by Gasteiger charge is -2.28. The van der Waals surface area contributed by atoms with E-state index in [0.717, 1.165) is 18.4 Å². The Morgan fingerprint density at radius 2 is 1.94 bits per heavy atom. The van der Waals surface area contributed by atoms with E-state index in [2.05, 4.69) is 0 Å². The first kappa shape index (κ1) is 11.7. The Morgan fingerprint density at radius 1 is 1.25 bits per heavy atom. The van der Waals surface area contributed by atoms with E-state index in [1.807, 2.05) is 0 Å². The summed E-state index contributed by atoms with van der Waals surface area (Å²) in [6, 6.07) is 5.02. The molecule has 1 atom stereocenters. The first-order valence-corrected chi connectivity index (χ1v) is 6.30. The second-order valence-electron chi connectivity index (χ2n) is 4.63. The highest BCUT2D eigenvalue weighted by atomic mass is 35.5. The lowest BCUT2D eigenvalue weighted by molar-refractivity contribution is 0.303. The third kappa shape index (κ3) is 2.50. The molecule has 0 radical (unpaired) electrons. The quantitative estimate of drug-likeness (QED) is 0.828. The molecule has 0 unspecified atom stereocenters. The van der Waals surface area contributed by atoms with E-state index in [1.54, 1.807) is 18.2 Å². The lowest BCUT2D eigenvalue weighted by atomic mass is 9.81. The zero-order valence-corrected chi connectivity index (χ0v) is 10.1. The molecule has 0 bridgehead atoms. The molecule has 16 heavy (non-hydrogen) atoms. The highest BCUT2D eigenvalue weighted by Gasteiger charge is 2.23. The van der Waals surface area contributed by atoms with Gasteiger partial charge in [0.05, 0.1) is 0 Å². The van der Waals surface area contributed by atoms with Gasteiger partial charge in [-0.15, -0.1) is 0 Å². The maximum absolute atomic E-state index is 9.80. The topological polar surface area (TPSA) is 46.2 Å². The molecule has 2 rings (SSSR count). The van der Waals surface area contributed by atoms with Crippen molar-refractivity contribution in [2.45, 2.75) is 38.1 Å². The Balaban J connectivity index is 2.18. The van der Waals surface area contributed by atoms with E-state index in [-0.39, 0.29) is 11.8 Å². The third-order valence-electron chi connectivity index (χ3n) is 3.51. The molecule has 1 fully saturated rings. The van der Waals surface area contributed by atoms with Gasteiger partial charge in [0, 0.05) is 16.6 Å². The van der Waals surface area contributed by atoms with Gasteiger partial charge in [-0.1, -0.05) is 30.9 Å². The van der Waals surface area contributed by atoms with Crippen LogP contribution in [0.3, 0.4) is 0 Å². The Morgan fingerprint density at radius 3 is 2.62 bits per heavy atom. The van der Waals surface area contributed by atoms with Crippen molar-refractivity contribution >= 4 is 11.6 Å². The highest BCUT2D eigenvalue weighted by Crippen LogP contribution is 2.36. The van der Waals surface area contributed by atoms with E-state index in [0.29, 0.717) is 10.9 Å². The number of nitrogens with two attached hydrogens (primary N) is 1. The molecular formula is C13H18ClNO. The van der Waals surface area contributed by atoms with Gasteiger partial charge in [0.2, 0.25) is 0 Å². The Kier molecular flexibility index (Phi) is 3.72. The molecule has 3 N–H and O–H groups in total. The molecule has 3 heteroatoms. The fourth-order valence-corrected chi connectivity index (χ4v) is 2.72. The molecule has 0 aromatic heterocycles. The summed E-state index contributed by atoms with van der Waals surface area (Å²) in [6.07, 6.45) is 6.13. The number of hydrogen-bond acceptors (Lipinski definition) is 2. The third-order valence-corrected chi connectivity index (χ3v) is 3.74. The highest BCUT2D eigenvalue weighted by molar-refractivity contribution is 6.30. The first-order chi connectivity index (χ1) is 7.68. The summed E-state index contributed by atoms with van der Waals surface area (Å²) in [5.74, 6) is 0.751. The van der Waals surface area contributed by atoms with Crippen molar-refractivity contribution < 1.29 is 5.11 Å². The second-order valence-corrected chi connectivity index (χ2v) is 5.06. The van der Waals surface area contributed by atoms with Gasteiger partial charge in [-0.25, -0.2) is 0 Å². The summed E-state index contributed by atoms with van der Waals surface area (Å²) < 4.78 is 0. The molecular weight excluding hydrogens is 222 g/mol. The summed E-state index contributed by atoms with van der Waals surface area (Å²) in [6.45, 7) is 0. The van der Waals surface area contributed by atoms with Gasteiger partial charge >= 0.3 is 0 Å². The molecule has 1 aromatic rings. The van der Waals surface area contributed by atoms with Crippen molar-refractivity contribution in [2.75, 3.05) is 0 Å². The minimum Gasteiger partial charge on any atom is -0.508 e. The van der Waals surface area contributed by atoms with Crippen LogP contribution in [0.5, 0.6) is 5.75 Å². The summed E-state index contributed by atoms with van der Waals surface area (Å²) >= 11 is 5.93. The van der Waals surface area contributed by atoms with Gasteiger partial charge in [0.15, 0.2) is 0 Å². The first-order valence-electron chi connectivity index (χ1n) is 5.92. The van der Waals surface area contributed by atoms with Crippen LogP contribution in [0.4, 0.5) is 0 Å². The standard InChI is InChI=1S/C13H18ClNO/c14-10-6-7-12(16)11(8-10)13(15)9-4-2-1-3-5-9/h6-9,13,16H,1-5,15H2/t13-/m0/s1. The second kappa shape index (κ2) is 5.07. The van der Waals surface area contributed by atoms with E-state index in [4.69, 9.17) is 17.3 Å². The van der Waals surface area contributed by atoms with Crippen molar-refractivity contribution in [1.29, 1.82) is 0 Å². The molecule has 1 saturated carbocycles. The minimum absolute atomic E-state index is 0.0843. The van der Waals surface area contributed by atoms with Crippen molar-refractivity contribution in [1.82, 2.24) is 0 Å². The van der Waals surface area contributed by atoms with Crippen molar-refractivity contribution in [3.05, 3.63) is 28.8 Å². The van der Waals surface area contributed by atoms with Crippen molar-refractivity contribution in [3.63, 3.8) is 0 Å². The van der Waals surface area contributed by atoms with Crippen LogP contribution in [-0.2, 0) is 0 Å². The lowest BCUT2D eigenvalue weighted by Crippen LogP contribution is -2.23. The Hall–Kier alpha value is -0.730. The fourth-order valence-electron chi connectivity index (χ4n) is 2.54. The Labute approximate surface area is 101 Å².